The first kappa shape index (κ1) is 14.2. The Kier molecular flexibility index (Phi) is 4.39. The van der Waals surface area contributed by atoms with Gasteiger partial charge in [0.2, 0.25) is 0 Å². The van der Waals surface area contributed by atoms with Gasteiger partial charge in [-0.05, 0) is 12.3 Å². The molecule has 0 spiro atoms. The quantitative estimate of drug-likeness (QED) is 0.849. The van der Waals surface area contributed by atoms with Crippen molar-refractivity contribution >= 4 is 22.6 Å². The average Bonchev–Trinajstić information content (AvgIpc) is 2.71. The summed E-state index contributed by atoms with van der Waals surface area (Å²) in [6, 6.07) is 1.62. The van der Waals surface area contributed by atoms with E-state index in [1.54, 1.807) is 0 Å². The highest BCUT2D eigenvalue weighted by Gasteiger charge is 2.21. The third kappa shape index (κ3) is 3.65. The molecule has 1 atom stereocenters. The van der Waals surface area contributed by atoms with Gasteiger partial charge < -0.3 is 5.32 Å². The van der Waals surface area contributed by atoms with E-state index in [9.17, 15) is 13.2 Å². The number of anilines is 1. The molecule has 1 unspecified atom stereocenters. The van der Waals surface area contributed by atoms with E-state index in [1.165, 1.54) is 11.8 Å². The molecule has 1 aliphatic rings. The zero-order chi connectivity index (χ0) is 14.0. The summed E-state index contributed by atoms with van der Waals surface area (Å²) in [4.78, 5) is 4.38. The number of nitrogens with zero attached hydrogens (tertiary/aromatic N) is 1. The van der Waals surface area contributed by atoms with Gasteiger partial charge in [0.05, 0.1) is 11.7 Å². The van der Waals surface area contributed by atoms with Crippen LogP contribution in [0, 0.1) is 23.4 Å². The smallest absolute Gasteiger partial charge is 0.182 e. The monoisotopic (exact) mass is 288 g/mol. The Morgan fingerprint density at radius 3 is 2.79 bits per heavy atom. The minimum Gasteiger partial charge on any atom is -0.332 e. The third-order valence-corrected chi connectivity index (χ3v) is 3.72. The van der Waals surface area contributed by atoms with Gasteiger partial charge >= 0.3 is 0 Å². The number of benzene rings is 1. The predicted octanol–water partition coefficient (Wildman–Crippen LogP) is 4.03. The highest BCUT2D eigenvalue weighted by Crippen LogP contribution is 2.26. The van der Waals surface area contributed by atoms with Gasteiger partial charge in [0.25, 0.3) is 0 Å². The largest absolute Gasteiger partial charge is 0.332 e. The average molecular weight is 288 g/mol. The lowest BCUT2D eigenvalue weighted by molar-refractivity contribution is 0.498. The molecule has 6 heteroatoms. The van der Waals surface area contributed by atoms with Crippen molar-refractivity contribution in [2.45, 2.75) is 26.3 Å². The minimum absolute atomic E-state index is 0.175. The molecule has 1 heterocycles. The third-order valence-electron chi connectivity index (χ3n) is 2.69. The van der Waals surface area contributed by atoms with Crippen molar-refractivity contribution < 1.29 is 13.2 Å². The van der Waals surface area contributed by atoms with Crippen molar-refractivity contribution in [3.05, 3.63) is 29.6 Å². The number of hydrogen-bond donors (Lipinski definition) is 1. The van der Waals surface area contributed by atoms with Crippen LogP contribution in [0.5, 0.6) is 0 Å². The highest BCUT2D eigenvalue weighted by atomic mass is 32.2. The van der Waals surface area contributed by atoms with E-state index in [0.29, 0.717) is 17.2 Å². The van der Waals surface area contributed by atoms with Crippen LogP contribution in [-0.4, -0.2) is 17.0 Å². The highest BCUT2D eigenvalue weighted by molar-refractivity contribution is 8.14. The Morgan fingerprint density at radius 1 is 1.37 bits per heavy atom. The SMILES string of the molecule is CC(C)CC1CSC(Nc2cc(F)cc(F)c2F)=N1. The molecule has 1 N–H and O–H groups in total. The molecule has 0 bridgehead atoms. The number of thioether (sulfide) groups is 1. The Morgan fingerprint density at radius 2 is 2.11 bits per heavy atom. The summed E-state index contributed by atoms with van der Waals surface area (Å²) >= 11 is 1.44. The van der Waals surface area contributed by atoms with Crippen LogP contribution in [0.2, 0.25) is 0 Å². The van der Waals surface area contributed by atoms with Crippen molar-refractivity contribution in [1.29, 1.82) is 0 Å². The van der Waals surface area contributed by atoms with Crippen LogP contribution in [0.15, 0.2) is 17.1 Å². The summed E-state index contributed by atoms with van der Waals surface area (Å²) in [7, 11) is 0. The molecular formula is C13H15F3N2S. The first-order valence-electron chi connectivity index (χ1n) is 6.08. The maximum Gasteiger partial charge on any atom is 0.182 e. The van der Waals surface area contributed by atoms with E-state index in [2.05, 4.69) is 24.2 Å². The molecule has 104 valence electrons. The maximum atomic E-state index is 13.5. The first-order valence-corrected chi connectivity index (χ1v) is 7.06. The predicted molar refractivity (Wildman–Crippen MR) is 73.1 cm³/mol. The Hall–Kier alpha value is -1.17. The number of nitrogens with one attached hydrogen (secondary N) is 1. The molecule has 2 nitrogen and oxygen atoms in total. The lowest BCUT2D eigenvalue weighted by atomic mass is 10.1. The first-order chi connectivity index (χ1) is 8.95. The fraction of sp³-hybridized carbons (Fsp3) is 0.462. The van der Waals surface area contributed by atoms with Gasteiger partial charge in [-0.1, -0.05) is 25.6 Å². The van der Waals surface area contributed by atoms with E-state index < -0.39 is 17.5 Å². The molecule has 0 fully saturated rings. The molecule has 19 heavy (non-hydrogen) atoms. The summed E-state index contributed by atoms with van der Waals surface area (Å²) in [6.07, 6.45) is 0.943. The molecule has 0 saturated carbocycles. The van der Waals surface area contributed by atoms with Gasteiger partial charge in [0.15, 0.2) is 16.8 Å². The zero-order valence-corrected chi connectivity index (χ0v) is 11.5. The van der Waals surface area contributed by atoms with Crippen LogP contribution in [-0.2, 0) is 0 Å². The second-order valence-electron chi connectivity index (χ2n) is 4.90. The molecule has 1 aromatic rings. The lowest BCUT2D eigenvalue weighted by Crippen LogP contribution is -2.09. The second-order valence-corrected chi connectivity index (χ2v) is 5.91. The molecule has 2 rings (SSSR count). The lowest BCUT2D eigenvalue weighted by Gasteiger charge is -2.08. The van der Waals surface area contributed by atoms with Gasteiger partial charge in [0, 0.05) is 17.9 Å². The summed E-state index contributed by atoms with van der Waals surface area (Å²) in [6.45, 7) is 4.21. The molecular weight excluding hydrogens is 273 g/mol. The summed E-state index contributed by atoms with van der Waals surface area (Å²) in [5, 5.41) is 3.16. The van der Waals surface area contributed by atoms with Gasteiger partial charge in [0.1, 0.15) is 5.82 Å². The summed E-state index contributed by atoms with van der Waals surface area (Å²) in [5.41, 5.74) is -0.214. The fourth-order valence-corrected chi connectivity index (χ4v) is 2.88. The topological polar surface area (TPSA) is 24.4 Å². The van der Waals surface area contributed by atoms with Crippen LogP contribution in [0.1, 0.15) is 20.3 Å². The van der Waals surface area contributed by atoms with Crippen LogP contribution in [0.25, 0.3) is 0 Å². The van der Waals surface area contributed by atoms with E-state index in [1.807, 2.05) is 0 Å². The van der Waals surface area contributed by atoms with Crippen molar-refractivity contribution in [2.24, 2.45) is 10.9 Å². The molecule has 1 aliphatic heterocycles. The van der Waals surface area contributed by atoms with Gasteiger partial charge in [-0.3, -0.25) is 4.99 Å². The standard InChI is InChI=1S/C13H15F3N2S/c1-7(2)3-9-6-19-13(17-9)18-11-5-8(14)4-10(15)12(11)16/h4-5,7,9H,3,6H2,1-2H3,(H,17,18). The zero-order valence-electron chi connectivity index (χ0n) is 10.7. The molecule has 0 aromatic heterocycles. The van der Waals surface area contributed by atoms with E-state index in [0.717, 1.165) is 18.2 Å². The normalized spacial score (nSPS) is 18.8. The van der Waals surface area contributed by atoms with Gasteiger partial charge in [-0.25, -0.2) is 13.2 Å². The Labute approximate surface area is 114 Å². The second kappa shape index (κ2) is 5.86. The van der Waals surface area contributed by atoms with Gasteiger partial charge in [-0.15, -0.1) is 0 Å². The summed E-state index contributed by atoms with van der Waals surface area (Å²) < 4.78 is 39.6. The maximum absolute atomic E-state index is 13.5. The van der Waals surface area contributed by atoms with Gasteiger partial charge in [-0.2, -0.15) is 0 Å². The van der Waals surface area contributed by atoms with Crippen LogP contribution >= 0.6 is 11.8 Å². The van der Waals surface area contributed by atoms with Crippen LogP contribution < -0.4 is 5.32 Å². The van der Waals surface area contributed by atoms with Crippen molar-refractivity contribution in [1.82, 2.24) is 0 Å². The van der Waals surface area contributed by atoms with E-state index in [-0.39, 0.29) is 11.7 Å². The van der Waals surface area contributed by atoms with Crippen molar-refractivity contribution in [3.63, 3.8) is 0 Å². The number of amidine groups is 1. The minimum atomic E-state index is -1.20. The molecule has 0 saturated heterocycles. The molecule has 0 aliphatic carbocycles. The van der Waals surface area contributed by atoms with Crippen LogP contribution in [0.3, 0.4) is 0 Å². The Balaban J connectivity index is 2.10. The van der Waals surface area contributed by atoms with E-state index in [4.69, 9.17) is 0 Å². The van der Waals surface area contributed by atoms with Crippen LogP contribution in [0.4, 0.5) is 18.9 Å². The summed E-state index contributed by atoms with van der Waals surface area (Å²) in [5.74, 6) is -1.78. The molecule has 1 aromatic carbocycles. The fourth-order valence-electron chi connectivity index (χ4n) is 1.91. The van der Waals surface area contributed by atoms with Crippen molar-refractivity contribution in [3.8, 4) is 0 Å². The Bertz CT molecular complexity index is 503. The number of hydrogen-bond acceptors (Lipinski definition) is 3. The van der Waals surface area contributed by atoms with Crippen molar-refractivity contribution in [2.75, 3.05) is 11.1 Å². The molecule has 0 amide bonds. The van der Waals surface area contributed by atoms with E-state index >= 15 is 0 Å². The number of rotatable bonds is 3. The number of aliphatic imine (C=N–C) groups is 1. The number of halogens is 3. The molecule has 0 radical (unpaired) electrons.